The lowest BCUT2D eigenvalue weighted by Crippen LogP contribution is -2.38. The van der Waals surface area contributed by atoms with E-state index in [1.165, 1.54) is 6.42 Å². The van der Waals surface area contributed by atoms with E-state index in [-0.39, 0.29) is 17.6 Å². The third-order valence-electron chi connectivity index (χ3n) is 3.35. The lowest BCUT2D eigenvalue weighted by atomic mass is 9.87. The van der Waals surface area contributed by atoms with Crippen LogP contribution < -0.4 is 11.1 Å². The van der Waals surface area contributed by atoms with E-state index in [0.717, 1.165) is 19.3 Å². The quantitative estimate of drug-likeness (QED) is 0.866. The Balaban J connectivity index is 2.05. The summed E-state index contributed by atoms with van der Waals surface area (Å²) in [5, 5.41) is 3.33. The first-order chi connectivity index (χ1) is 8.56. The molecule has 5 heteroatoms. The van der Waals surface area contributed by atoms with Crippen LogP contribution in [0.5, 0.6) is 0 Å². The van der Waals surface area contributed by atoms with Gasteiger partial charge in [-0.2, -0.15) is 0 Å². The highest BCUT2D eigenvalue weighted by Crippen LogP contribution is 2.24. The molecular formula is C13H18ClN3O. The Kier molecular flexibility index (Phi) is 4.07. The number of anilines is 1. The van der Waals surface area contributed by atoms with Crippen LogP contribution >= 0.6 is 11.6 Å². The van der Waals surface area contributed by atoms with Gasteiger partial charge in [0, 0.05) is 6.04 Å². The van der Waals surface area contributed by atoms with E-state index in [2.05, 4.69) is 17.2 Å². The summed E-state index contributed by atoms with van der Waals surface area (Å²) < 4.78 is 0. The van der Waals surface area contributed by atoms with Gasteiger partial charge in [0.2, 0.25) is 0 Å². The number of hydrogen-bond donors (Lipinski definition) is 2. The fourth-order valence-electron chi connectivity index (χ4n) is 2.44. The summed E-state index contributed by atoms with van der Waals surface area (Å²) in [5.74, 6) is 0.737. The zero-order valence-electron chi connectivity index (χ0n) is 10.4. The zero-order valence-corrected chi connectivity index (χ0v) is 11.2. The number of hydrogen-bond acceptors (Lipinski definition) is 3. The molecule has 1 amide bonds. The molecule has 3 N–H and O–H groups in total. The average Bonchev–Trinajstić information content (AvgIpc) is 2.32. The van der Waals surface area contributed by atoms with Gasteiger partial charge in [0.05, 0.1) is 5.02 Å². The zero-order chi connectivity index (χ0) is 13.1. The highest BCUT2D eigenvalue weighted by molar-refractivity contribution is 6.33. The second-order valence-electron chi connectivity index (χ2n) is 5.01. The van der Waals surface area contributed by atoms with Crippen LogP contribution in [-0.4, -0.2) is 16.9 Å². The van der Waals surface area contributed by atoms with Crippen LogP contribution in [0.1, 0.15) is 43.1 Å². The molecule has 1 aromatic rings. The Hall–Kier alpha value is -1.29. The van der Waals surface area contributed by atoms with Gasteiger partial charge in [-0.1, -0.05) is 31.4 Å². The largest absolute Gasteiger partial charge is 0.384 e. The van der Waals surface area contributed by atoms with E-state index < -0.39 is 0 Å². The predicted octanol–water partition coefficient (Wildman–Crippen LogP) is 2.63. The summed E-state index contributed by atoms with van der Waals surface area (Å²) >= 11 is 5.96. The van der Waals surface area contributed by atoms with Crippen LogP contribution in [-0.2, 0) is 0 Å². The summed E-state index contributed by atoms with van der Waals surface area (Å²) in [6.07, 6.45) is 4.44. The molecule has 0 bridgehead atoms. The third-order valence-corrected chi connectivity index (χ3v) is 3.66. The van der Waals surface area contributed by atoms with Crippen LogP contribution in [0.15, 0.2) is 12.1 Å². The molecule has 1 aromatic heterocycles. The van der Waals surface area contributed by atoms with E-state index in [1.54, 1.807) is 12.1 Å². The summed E-state index contributed by atoms with van der Waals surface area (Å²) in [5.41, 5.74) is 5.79. The Labute approximate surface area is 112 Å². The molecule has 0 aromatic carbocycles. The number of nitrogens with zero attached hydrogens (tertiary/aromatic N) is 1. The van der Waals surface area contributed by atoms with Crippen molar-refractivity contribution in [2.45, 2.75) is 38.6 Å². The molecule has 0 saturated heterocycles. The molecule has 0 radical (unpaired) electrons. The lowest BCUT2D eigenvalue weighted by molar-refractivity contribution is 0.0916. The minimum atomic E-state index is -0.230. The fraction of sp³-hybridized carbons (Fsp3) is 0.538. The van der Waals surface area contributed by atoms with E-state index in [1.807, 2.05) is 0 Å². The molecule has 1 heterocycles. The van der Waals surface area contributed by atoms with Crippen molar-refractivity contribution >= 4 is 23.3 Å². The Morgan fingerprint density at radius 1 is 1.50 bits per heavy atom. The van der Waals surface area contributed by atoms with Crippen LogP contribution in [0.3, 0.4) is 0 Å². The highest BCUT2D eigenvalue weighted by atomic mass is 35.5. The number of nitrogens with one attached hydrogen (secondary N) is 1. The van der Waals surface area contributed by atoms with Gasteiger partial charge in [0.1, 0.15) is 11.5 Å². The van der Waals surface area contributed by atoms with Crippen molar-refractivity contribution in [1.82, 2.24) is 10.3 Å². The van der Waals surface area contributed by atoms with Gasteiger partial charge >= 0.3 is 0 Å². The molecule has 2 unspecified atom stereocenters. The van der Waals surface area contributed by atoms with Crippen molar-refractivity contribution in [2.24, 2.45) is 5.92 Å². The van der Waals surface area contributed by atoms with Crippen LogP contribution in [0.25, 0.3) is 0 Å². The maximum Gasteiger partial charge on any atom is 0.271 e. The number of aromatic nitrogens is 1. The maximum atomic E-state index is 12.1. The summed E-state index contributed by atoms with van der Waals surface area (Å²) in [7, 11) is 0. The Morgan fingerprint density at radius 3 is 3.00 bits per heavy atom. The van der Waals surface area contributed by atoms with Crippen molar-refractivity contribution in [3.05, 3.63) is 22.8 Å². The molecule has 1 aliphatic rings. The Morgan fingerprint density at radius 2 is 2.28 bits per heavy atom. The summed E-state index contributed by atoms with van der Waals surface area (Å²) in [6.45, 7) is 2.21. The first-order valence-corrected chi connectivity index (χ1v) is 6.67. The van der Waals surface area contributed by atoms with Gasteiger partial charge in [-0.05, 0) is 30.9 Å². The molecule has 2 atom stereocenters. The van der Waals surface area contributed by atoms with Gasteiger partial charge in [-0.15, -0.1) is 0 Å². The number of carbonyl (C=O) groups is 1. The molecule has 18 heavy (non-hydrogen) atoms. The first kappa shape index (κ1) is 13.1. The molecule has 0 spiro atoms. The van der Waals surface area contributed by atoms with Gasteiger partial charge in [0.25, 0.3) is 5.91 Å². The van der Waals surface area contributed by atoms with Crippen LogP contribution in [0, 0.1) is 5.92 Å². The topological polar surface area (TPSA) is 68.0 Å². The van der Waals surface area contributed by atoms with E-state index in [0.29, 0.717) is 16.8 Å². The Bertz CT molecular complexity index is 450. The fourth-order valence-corrected chi connectivity index (χ4v) is 2.63. The van der Waals surface area contributed by atoms with Crippen molar-refractivity contribution in [3.63, 3.8) is 0 Å². The third kappa shape index (κ3) is 3.13. The SMILES string of the molecule is CC1CCCC(NC(=O)c2nc(N)ccc2Cl)C1. The van der Waals surface area contributed by atoms with E-state index in [9.17, 15) is 4.79 Å². The first-order valence-electron chi connectivity index (χ1n) is 6.29. The van der Waals surface area contributed by atoms with Crippen LogP contribution in [0.2, 0.25) is 5.02 Å². The molecular weight excluding hydrogens is 250 g/mol. The smallest absolute Gasteiger partial charge is 0.271 e. The second kappa shape index (κ2) is 5.57. The number of carbonyl (C=O) groups excluding carboxylic acids is 1. The normalized spacial score (nSPS) is 23.7. The van der Waals surface area contributed by atoms with Gasteiger partial charge < -0.3 is 11.1 Å². The molecule has 1 fully saturated rings. The number of rotatable bonds is 2. The molecule has 1 aliphatic carbocycles. The van der Waals surface area contributed by atoms with Crippen molar-refractivity contribution in [3.8, 4) is 0 Å². The molecule has 98 valence electrons. The highest BCUT2D eigenvalue weighted by Gasteiger charge is 2.22. The predicted molar refractivity (Wildman–Crippen MR) is 72.5 cm³/mol. The van der Waals surface area contributed by atoms with Crippen molar-refractivity contribution in [1.29, 1.82) is 0 Å². The number of halogens is 1. The number of nitrogens with two attached hydrogens (primary N) is 1. The number of pyridine rings is 1. The van der Waals surface area contributed by atoms with Gasteiger partial charge in [-0.3, -0.25) is 4.79 Å². The van der Waals surface area contributed by atoms with E-state index in [4.69, 9.17) is 17.3 Å². The van der Waals surface area contributed by atoms with Crippen LogP contribution in [0.4, 0.5) is 5.82 Å². The monoisotopic (exact) mass is 267 g/mol. The maximum absolute atomic E-state index is 12.1. The summed E-state index contributed by atoms with van der Waals surface area (Å²) in [4.78, 5) is 16.1. The van der Waals surface area contributed by atoms with Crippen molar-refractivity contribution in [2.75, 3.05) is 5.73 Å². The summed E-state index contributed by atoms with van der Waals surface area (Å²) in [6, 6.07) is 3.41. The average molecular weight is 268 g/mol. The van der Waals surface area contributed by atoms with E-state index >= 15 is 0 Å². The second-order valence-corrected chi connectivity index (χ2v) is 5.42. The molecule has 2 rings (SSSR count). The van der Waals surface area contributed by atoms with Crippen molar-refractivity contribution < 1.29 is 4.79 Å². The lowest BCUT2D eigenvalue weighted by Gasteiger charge is -2.27. The number of nitrogen functional groups attached to an aromatic ring is 1. The minimum absolute atomic E-state index is 0.217. The number of amides is 1. The van der Waals surface area contributed by atoms with Gasteiger partial charge in [0.15, 0.2) is 0 Å². The molecule has 1 saturated carbocycles. The standard InChI is InChI=1S/C13H18ClN3O/c1-8-3-2-4-9(7-8)16-13(18)12-10(14)5-6-11(15)17-12/h5-6,8-9H,2-4,7H2,1H3,(H2,15,17)(H,16,18). The molecule has 0 aliphatic heterocycles. The van der Waals surface area contributed by atoms with Gasteiger partial charge in [-0.25, -0.2) is 4.98 Å². The molecule has 4 nitrogen and oxygen atoms in total. The minimum Gasteiger partial charge on any atom is -0.384 e.